The highest BCUT2D eigenvalue weighted by Gasteiger charge is 2.14. The molecule has 120 valence electrons. The molecule has 0 heterocycles. The van der Waals surface area contributed by atoms with Crippen LogP contribution in [0.2, 0.25) is 0 Å². The highest BCUT2D eigenvalue weighted by molar-refractivity contribution is 5.28. The van der Waals surface area contributed by atoms with E-state index in [0.717, 1.165) is 18.5 Å². The zero-order valence-electron chi connectivity index (χ0n) is 15.4. The topological polar surface area (TPSA) is 12.0 Å². The Balaban J connectivity index is 4.65. The van der Waals surface area contributed by atoms with Crippen molar-refractivity contribution < 1.29 is 0 Å². The third-order valence-corrected chi connectivity index (χ3v) is 3.45. The van der Waals surface area contributed by atoms with E-state index >= 15 is 0 Å². The second kappa shape index (κ2) is 8.26. The van der Waals surface area contributed by atoms with Crippen molar-refractivity contribution in [2.45, 2.75) is 73.8 Å². The van der Waals surface area contributed by atoms with Crippen LogP contribution in [0.25, 0.3) is 0 Å². The van der Waals surface area contributed by atoms with Gasteiger partial charge in [-0.2, -0.15) is 0 Å². The Morgan fingerprint density at radius 2 is 1.48 bits per heavy atom. The van der Waals surface area contributed by atoms with E-state index in [1.165, 1.54) is 11.1 Å². The van der Waals surface area contributed by atoms with Gasteiger partial charge in [0.1, 0.15) is 0 Å². The molecule has 0 radical (unpaired) electrons. The van der Waals surface area contributed by atoms with Crippen LogP contribution in [0.5, 0.6) is 0 Å². The fraction of sp³-hybridized carbons (Fsp3) is 0.600. The maximum Gasteiger partial charge on any atom is 0.0300 e. The Bertz CT molecular complexity index is 420. The lowest BCUT2D eigenvalue weighted by Gasteiger charge is -2.23. The molecule has 0 aliphatic heterocycles. The number of hydrogen-bond donors (Lipinski definition) is 1. The summed E-state index contributed by atoms with van der Waals surface area (Å²) in [5, 5.41) is 3.50. The summed E-state index contributed by atoms with van der Waals surface area (Å²) in [5.74, 6) is 0. The summed E-state index contributed by atoms with van der Waals surface area (Å²) in [7, 11) is 0. The van der Waals surface area contributed by atoms with Gasteiger partial charge < -0.3 is 5.32 Å². The van der Waals surface area contributed by atoms with Crippen LogP contribution < -0.4 is 5.32 Å². The Hall–Kier alpha value is -1.24. The smallest absolute Gasteiger partial charge is 0.0300 e. The Morgan fingerprint density at radius 1 is 0.905 bits per heavy atom. The third-order valence-electron chi connectivity index (χ3n) is 3.45. The highest BCUT2D eigenvalue weighted by Crippen LogP contribution is 2.28. The Kier molecular flexibility index (Phi) is 7.78. The van der Waals surface area contributed by atoms with E-state index in [1.807, 2.05) is 0 Å². The largest absolute Gasteiger partial charge is 0.381 e. The molecule has 0 amide bonds. The van der Waals surface area contributed by atoms with Crippen molar-refractivity contribution >= 4 is 0 Å². The summed E-state index contributed by atoms with van der Waals surface area (Å²) in [6.07, 6.45) is 10.8. The number of hydrogen-bond acceptors (Lipinski definition) is 1. The van der Waals surface area contributed by atoms with Crippen molar-refractivity contribution in [1.29, 1.82) is 0 Å². The first-order valence-corrected chi connectivity index (χ1v) is 7.95. The molecule has 21 heavy (non-hydrogen) atoms. The first-order valence-electron chi connectivity index (χ1n) is 7.95. The van der Waals surface area contributed by atoms with Gasteiger partial charge in [-0.3, -0.25) is 0 Å². The van der Waals surface area contributed by atoms with E-state index in [0.29, 0.717) is 0 Å². The van der Waals surface area contributed by atoms with E-state index < -0.39 is 0 Å². The van der Waals surface area contributed by atoms with Gasteiger partial charge in [0.25, 0.3) is 0 Å². The van der Waals surface area contributed by atoms with Crippen LogP contribution in [0.3, 0.4) is 0 Å². The number of rotatable bonds is 6. The van der Waals surface area contributed by atoms with Gasteiger partial charge in [0.05, 0.1) is 0 Å². The average Bonchev–Trinajstić information content (AvgIpc) is 2.34. The summed E-state index contributed by atoms with van der Waals surface area (Å²) >= 11 is 0. The summed E-state index contributed by atoms with van der Waals surface area (Å²) in [6, 6.07) is 0. The van der Waals surface area contributed by atoms with Gasteiger partial charge in [0, 0.05) is 11.2 Å². The molecule has 0 aliphatic carbocycles. The molecule has 1 N–H and O–H groups in total. The third kappa shape index (κ3) is 9.33. The predicted octanol–water partition coefficient (Wildman–Crippen LogP) is 6.16. The fourth-order valence-electron chi connectivity index (χ4n) is 1.83. The molecule has 0 atom stereocenters. The summed E-state index contributed by atoms with van der Waals surface area (Å²) < 4.78 is 0. The molecule has 0 saturated heterocycles. The molecule has 0 aromatic rings. The molecular weight excluding hydrogens is 254 g/mol. The molecule has 1 nitrogen and oxygen atoms in total. The molecule has 0 saturated carbocycles. The van der Waals surface area contributed by atoms with Crippen molar-refractivity contribution in [3.63, 3.8) is 0 Å². The van der Waals surface area contributed by atoms with Crippen LogP contribution in [0, 0.1) is 5.41 Å². The fourth-order valence-corrected chi connectivity index (χ4v) is 1.83. The molecule has 1 heteroatoms. The maximum absolute atomic E-state index is 4.22. The quantitative estimate of drug-likeness (QED) is 0.456. The van der Waals surface area contributed by atoms with Crippen molar-refractivity contribution in [3.8, 4) is 0 Å². The minimum absolute atomic E-state index is 0.0861. The van der Waals surface area contributed by atoms with Crippen molar-refractivity contribution in [3.05, 3.63) is 47.7 Å². The monoisotopic (exact) mass is 289 g/mol. The normalized spacial score (nSPS) is 14.7. The van der Waals surface area contributed by atoms with E-state index in [4.69, 9.17) is 0 Å². The lowest BCUT2D eigenvalue weighted by molar-refractivity contribution is 0.478. The standard InChI is InChI=1S/C20H35N/c1-10-17(13-12-16(3)19(4,5)6)14-15-18(11-2)21-20(7,8)9/h10-11,14-15,21H,3,12-13H2,1-2,4-9H3/b15-14-,17-10-,18-11+. The lowest BCUT2D eigenvalue weighted by Crippen LogP contribution is -2.34. The average molecular weight is 290 g/mol. The van der Waals surface area contributed by atoms with Gasteiger partial charge in [0.15, 0.2) is 0 Å². The van der Waals surface area contributed by atoms with Gasteiger partial charge in [-0.15, -0.1) is 0 Å². The van der Waals surface area contributed by atoms with Gasteiger partial charge in [-0.05, 0) is 59.0 Å². The van der Waals surface area contributed by atoms with E-state index in [2.05, 4.69) is 91.6 Å². The molecule has 0 aromatic heterocycles. The summed E-state index contributed by atoms with van der Waals surface area (Å²) in [5.41, 5.74) is 4.12. The van der Waals surface area contributed by atoms with Gasteiger partial charge in [-0.1, -0.05) is 56.7 Å². The minimum Gasteiger partial charge on any atom is -0.381 e. The molecule has 0 unspecified atom stereocenters. The second-order valence-corrected chi connectivity index (χ2v) is 7.67. The molecule has 0 spiro atoms. The van der Waals surface area contributed by atoms with Crippen LogP contribution in [-0.4, -0.2) is 5.54 Å². The van der Waals surface area contributed by atoms with Crippen LogP contribution >= 0.6 is 0 Å². The molecule has 0 rings (SSSR count). The van der Waals surface area contributed by atoms with Crippen LogP contribution in [-0.2, 0) is 0 Å². The number of allylic oxidation sites excluding steroid dienone is 6. The minimum atomic E-state index is 0.0861. The van der Waals surface area contributed by atoms with Crippen molar-refractivity contribution in [1.82, 2.24) is 5.32 Å². The van der Waals surface area contributed by atoms with Gasteiger partial charge >= 0.3 is 0 Å². The Labute approximate surface area is 132 Å². The molecule has 0 aromatic carbocycles. The maximum atomic E-state index is 4.22. The Morgan fingerprint density at radius 3 is 1.86 bits per heavy atom. The summed E-state index contributed by atoms with van der Waals surface area (Å²) in [6.45, 7) is 21.6. The van der Waals surface area contributed by atoms with E-state index in [-0.39, 0.29) is 11.0 Å². The summed E-state index contributed by atoms with van der Waals surface area (Å²) in [4.78, 5) is 0. The second-order valence-electron chi connectivity index (χ2n) is 7.67. The number of nitrogens with one attached hydrogen (secondary N) is 1. The zero-order valence-corrected chi connectivity index (χ0v) is 15.4. The molecule has 0 aliphatic rings. The van der Waals surface area contributed by atoms with Crippen molar-refractivity contribution in [2.75, 3.05) is 0 Å². The van der Waals surface area contributed by atoms with E-state index in [1.54, 1.807) is 0 Å². The molecule has 0 fully saturated rings. The lowest BCUT2D eigenvalue weighted by atomic mass is 9.84. The first kappa shape index (κ1) is 19.8. The molecule has 0 bridgehead atoms. The van der Waals surface area contributed by atoms with E-state index in [9.17, 15) is 0 Å². The van der Waals surface area contributed by atoms with Crippen LogP contribution in [0.15, 0.2) is 47.7 Å². The van der Waals surface area contributed by atoms with Crippen LogP contribution in [0.1, 0.15) is 68.2 Å². The zero-order chi connectivity index (χ0) is 16.7. The highest BCUT2D eigenvalue weighted by atomic mass is 15.0. The van der Waals surface area contributed by atoms with Gasteiger partial charge in [0.2, 0.25) is 0 Å². The predicted molar refractivity (Wildman–Crippen MR) is 97.4 cm³/mol. The van der Waals surface area contributed by atoms with Gasteiger partial charge in [-0.25, -0.2) is 0 Å². The first-order chi connectivity index (χ1) is 9.49. The van der Waals surface area contributed by atoms with Crippen molar-refractivity contribution in [2.24, 2.45) is 5.41 Å². The molecular formula is C20H35N. The SMILES string of the molecule is C=C(CCC(/C=C\C(=C/C)NC(C)(C)C)=C/C)C(C)(C)C. The van der Waals surface area contributed by atoms with Crippen LogP contribution in [0.4, 0.5) is 0 Å².